The van der Waals surface area contributed by atoms with Crippen molar-refractivity contribution in [3.8, 4) is 10.8 Å². The molecule has 62 valence electrons. The summed E-state index contributed by atoms with van der Waals surface area (Å²) in [5.74, 6) is 1.30. The standard InChI is InChI=1S/C7H7N3OS/c1-2-6-9-7(11-10-6)5-3-8-4-12-5/h3-4H,2H2,1H3. The molecule has 0 atom stereocenters. The van der Waals surface area contributed by atoms with Crippen LogP contribution in [0.15, 0.2) is 16.2 Å². The maximum Gasteiger partial charge on any atom is 0.269 e. The van der Waals surface area contributed by atoms with Gasteiger partial charge in [0.05, 0.1) is 11.7 Å². The van der Waals surface area contributed by atoms with E-state index in [0.717, 1.165) is 17.1 Å². The monoisotopic (exact) mass is 181 g/mol. The van der Waals surface area contributed by atoms with Crippen LogP contribution in [-0.2, 0) is 6.42 Å². The Kier molecular flexibility index (Phi) is 1.87. The third-order valence-corrected chi connectivity index (χ3v) is 2.19. The SMILES string of the molecule is CCc1noc(-c2cncs2)n1. The quantitative estimate of drug-likeness (QED) is 0.708. The molecule has 0 bridgehead atoms. The molecule has 2 heterocycles. The lowest BCUT2D eigenvalue weighted by molar-refractivity contribution is 0.424. The fourth-order valence-electron chi connectivity index (χ4n) is 0.819. The van der Waals surface area contributed by atoms with Gasteiger partial charge in [0, 0.05) is 6.42 Å². The minimum absolute atomic E-state index is 0.564. The van der Waals surface area contributed by atoms with E-state index in [9.17, 15) is 0 Å². The second-order valence-corrected chi connectivity index (χ2v) is 3.12. The minimum Gasteiger partial charge on any atom is -0.333 e. The van der Waals surface area contributed by atoms with Gasteiger partial charge in [0.15, 0.2) is 5.82 Å². The number of aryl methyl sites for hydroxylation is 1. The molecule has 0 amide bonds. The predicted octanol–water partition coefficient (Wildman–Crippen LogP) is 1.76. The zero-order valence-corrected chi connectivity index (χ0v) is 7.34. The van der Waals surface area contributed by atoms with Gasteiger partial charge in [-0.1, -0.05) is 12.1 Å². The van der Waals surface area contributed by atoms with Crippen molar-refractivity contribution in [3.63, 3.8) is 0 Å². The molecule has 5 heteroatoms. The number of nitrogens with zero attached hydrogens (tertiary/aromatic N) is 3. The van der Waals surface area contributed by atoms with Crippen LogP contribution in [0.25, 0.3) is 10.8 Å². The zero-order valence-electron chi connectivity index (χ0n) is 6.52. The molecule has 0 aliphatic heterocycles. The first kappa shape index (κ1) is 7.42. The normalized spacial score (nSPS) is 10.4. The molecular weight excluding hydrogens is 174 g/mol. The van der Waals surface area contributed by atoms with Gasteiger partial charge in [-0.3, -0.25) is 4.98 Å². The van der Waals surface area contributed by atoms with Crippen molar-refractivity contribution < 1.29 is 4.52 Å². The largest absolute Gasteiger partial charge is 0.333 e. The Hall–Kier alpha value is -1.23. The van der Waals surface area contributed by atoms with Gasteiger partial charge in [0.1, 0.15) is 4.88 Å². The lowest BCUT2D eigenvalue weighted by Crippen LogP contribution is -1.80. The number of hydrogen-bond donors (Lipinski definition) is 0. The highest BCUT2D eigenvalue weighted by atomic mass is 32.1. The fourth-order valence-corrected chi connectivity index (χ4v) is 1.36. The van der Waals surface area contributed by atoms with E-state index >= 15 is 0 Å². The molecule has 0 saturated carbocycles. The maximum absolute atomic E-state index is 5.01. The first-order valence-electron chi connectivity index (χ1n) is 3.61. The first-order chi connectivity index (χ1) is 5.90. The van der Waals surface area contributed by atoms with Crippen LogP contribution in [0.5, 0.6) is 0 Å². The molecule has 2 aromatic heterocycles. The van der Waals surface area contributed by atoms with E-state index in [4.69, 9.17) is 4.52 Å². The average Bonchev–Trinajstić information content (AvgIpc) is 2.75. The van der Waals surface area contributed by atoms with Gasteiger partial charge in [0.25, 0.3) is 5.89 Å². The van der Waals surface area contributed by atoms with Gasteiger partial charge in [-0.15, -0.1) is 11.3 Å². The second-order valence-electron chi connectivity index (χ2n) is 2.23. The van der Waals surface area contributed by atoms with Crippen LogP contribution in [0, 0.1) is 0 Å². The smallest absolute Gasteiger partial charge is 0.269 e. The summed E-state index contributed by atoms with van der Waals surface area (Å²) in [6.45, 7) is 1.99. The Balaban J connectivity index is 2.35. The van der Waals surface area contributed by atoms with E-state index in [-0.39, 0.29) is 0 Å². The molecule has 0 aliphatic carbocycles. The molecule has 12 heavy (non-hydrogen) atoms. The van der Waals surface area contributed by atoms with Crippen molar-refractivity contribution in [1.82, 2.24) is 15.1 Å². The van der Waals surface area contributed by atoms with Crippen LogP contribution in [0.3, 0.4) is 0 Å². The number of aromatic nitrogens is 3. The van der Waals surface area contributed by atoms with Crippen molar-refractivity contribution >= 4 is 11.3 Å². The lowest BCUT2D eigenvalue weighted by Gasteiger charge is -1.80. The molecule has 0 spiro atoms. The van der Waals surface area contributed by atoms with Crippen molar-refractivity contribution in [3.05, 3.63) is 17.5 Å². The van der Waals surface area contributed by atoms with E-state index in [0.29, 0.717) is 5.89 Å². The summed E-state index contributed by atoms with van der Waals surface area (Å²) in [6.07, 6.45) is 2.51. The van der Waals surface area contributed by atoms with Crippen LogP contribution < -0.4 is 0 Å². The second kappa shape index (κ2) is 3.02. The van der Waals surface area contributed by atoms with Crippen LogP contribution >= 0.6 is 11.3 Å². The summed E-state index contributed by atoms with van der Waals surface area (Å²) >= 11 is 1.49. The van der Waals surface area contributed by atoms with Crippen molar-refractivity contribution in [2.24, 2.45) is 0 Å². The van der Waals surface area contributed by atoms with E-state index in [2.05, 4.69) is 15.1 Å². The Morgan fingerprint density at radius 3 is 3.08 bits per heavy atom. The first-order valence-corrected chi connectivity index (χ1v) is 4.49. The van der Waals surface area contributed by atoms with E-state index in [1.165, 1.54) is 11.3 Å². The maximum atomic E-state index is 5.01. The highest BCUT2D eigenvalue weighted by molar-refractivity contribution is 7.13. The van der Waals surface area contributed by atoms with E-state index < -0.39 is 0 Å². The predicted molar refractivity (Wildman–Crippen MR) is 44.8 cm³/mol. The van der Waals surface area contributed by atoms with Crippen LogP contribution in [-0.4, -0.2) is 15.1 Å². The summed E-state index contributed by atoms with van der Waals surface area (Å²) < 4.78 is 5.01. The van der Waals surface area contributed by atoms with Gasteiger partial charge in [-0.2, -0.15) is 4.98 Å². The Morgan fingerprint density at radius 2 is 2.50 bits per heavy atom. The van der Waals surface area contributed by atoms with E-state index in [1.54, 1.807) is 11.7 Å². The number of thiazole rings is 1. The van der Waals surface area contributed by atoms with Crippen LogP contribution in [0.4, 0.5) is 0 Å². The topological polar surface area (TPSA) is 51.8 Å². The fraction of sp³-hybridized carbons (Fsp3) is 0.286. The molecule has 2 rings (SSSR count). The summed E-state index contributed by atoms with van der Waals surface area (Å²) in [5, 5.41) is 3.78. The molecule has 2 aromatic rings. The highest BCUT2D eigenvalue weighted by Gasteiger charge is 2.07. The number of rotatable bonds is 2. The zero-order chi connectivity index (χ0) is 8.39. The summed E-state index contributed by atoms with van der Waals surface area (Å²) in [6, 6.07) is 0. The van der Waals surface area contributed by atoms with Gasteiger partial charge in [-0.05, 0) is 0 Å². The highest BCUT2D eigenvalue weighted by Crippen LogP contribution is 2.20. The minimum atomic E-state index is 0.564. The van der Waals surface area contributed by atoms with E-state index in [1.807, 2.05) is 6.92 Å². The lowest BCUT2D eigenvalue weighted by atomic mass is 10.5. The molecule has 0 aliphatic rings. The van der Waals surface area contributed by atoms with Gasteiger partial charge in [-0.25, -0.2) is 0 Å². The Bertz CT molecular complexity index is 354. The molecule has 0 N–H and O–H groups in total. The summed E-state index contributed by atoms with van der Waals surface area (Å²) in [4.78, 5) is 9.01. The molecule has 0 radical (unpaired) electrons. The van der Waals surface area contributed by atoms with Crippen molar-refractivity contribution in [2.45, 2.75) is 13.3 Å². The van der Waals surface area contributed by atoms with Crippen LogP contribution in [0.2, 0.25) is 0 Å². The van der Waals surface area contributed by atoms with Gasteiger partial charge >= 0.3 is 0 Å². The summed E-state index contributed by atoms with van der Waals surface area (Å²) in [5.41, 5.74) is 1.74. The van der Waals surface area contributed by atoms with Gasteiger partial charge < -0.3 is 4.52 Å². The third-order valence-electron chi connectivity index (χ3n) is 1.43. The average molecular weight is 181 g/mol. The molecule has 0 saturated heterocycles. The molecule has 0 fully saturated rings. The molecular formula is C7H7N3OS. The molecule has 0 unspecified atom stereocenters. The van der Waals surface area contributed by atoms with Gasteiger partial charge in [0.2, 0.25) is 0 Å². The summed E-state index contributed by atoms with van der Waals surface area (Å²) in [7, 11) is 0. The number of hydrogen-bond acceptors (Lipinski definition) is 5. The Morgan fingerprint density at radius 1 is 1.58 bits per heavy atom. The third kappa shape index (κ3) is 1.23. The van der Waals surface area contributed by atoms with Crippen molar-refractivity contribution in [1.29, 1.82) is 0 Å². The molecule has 4 nitrogen and oxygen atoms in total. The molecule has 0 aromatic carbocycles. The van der Waals surface area contributed by atoms with Crippen molar-refractivity contribution in [2.75, 3.05) is 0 Å². The Labute approximate surface area is 73.3 Å². The van der Waals surface area contributed by atoms with Crippen LogP contribution in [0.1, 0.15) is 12.7 Å².